The molecule has 0 bridgehead atoms. The summed E-state index contributed by atoms with van der Waals surface area (Å²) in [5.74, 6) is 0.722. The number of aliphatic imine (C=N–C) groups is 1. The molecule has 0 fully saturated rings. The van der Waals surface area contributed by atoms with Crippen LogP contribution < -0.4 is 5.32 Å². The van der Waals surface area contributed by atoms with Gasteiger partial charge in [0.2, 0.25) is 0 Å². The van der Waals surface area contributed by atoms with Crippen LogP contribution in [0.15, 0.2) is 46.8 Å². The van der Waals surface area contributed by atoms with Crippen molar-refractivity contribution in [2.24, 2.45) is 4.99 Å². The Morgan fingerprint density at radius 3 is 2.78 bits per heavy atom. The van der Waals surface area contributed by atoms with E-state index in [-0.39, 0.29) is 10.6 Å². The van der Waals surface area contributed by atoms with Crippen molar-refractivity contribution in [2.45, 2.75) is 13.0 Å². The van der Waals surface area contributed by atoms with Crippen LogP contribution in [-0.4, -0.2) is 36.4 Å². The van der Waals surface area contributed by atoms with E-state index in [4.69, 9.17) is 0 Å². The minimum atomic E-state index is -0.361. The Balaban J connectivity index is 1.93. The van der Waals surface area contributed by atoms with Crippen LogP contribution in [-0.2, 0) is 13.0 Å². The molecule has 2 rings (SSSR count). The van der Waals surface area contributed by atoms with Gasteiger partial charge in [-0.05, 0) is 17.9 Å². The number of rotatable bonds is 6. The van der Waals surface area contributed by atoms with Crippen molar-refractivity contribution in [1.29, 1.82) is 0 Å². The lowest BCUT2D eigenvalue weighted by molar-refractivity contribution is -0.385. The maximum absolute atomic E-state index is 11.0. The van der Waals surface area contributed by atoms with E-state index in [2.05, 4.69) is 21.8 Å². The molecule has 23 heavy (non-hydrogen) atoms. The first-order chi connectivity index (χ1) is 11.1. The number of hydrogen-bond donors (Lipinski definition) is 1. The monoisotopic (exact) mass is 332 g/mol. The molecule has 0 saturated carbocycles. The lowest BCUT2D eigenvalue weighted by Crippen LogP contribution is -2.39. The average molecular weight is 332 g/mol. The normalized spacial score (nSPS) is 11.3. The van der Waals surface area contributed by atoms with Crippen LogP contribution in [0.1, 0.15) is 10.4 Å². The molecule has 7 heteroatoms. The third-order valence-electron chi connectivity index (χ3n) is 3.47. The Bertz CT molecular complexity index is 670. The molecule has 1 aromatic carbocycles. The third-order valence-corrected chi connectivity index (χ3v) is 4.41. The number of para-hydroxylation sites is 1. The van der Waals surface area contributed by atoms with Gasteiger partial charge in [0.05, 0.1) is 4.92 Å². The van der Waals surface area contributed by atoms with Gasteiger partial charge in [-0.3, -0.25) is 15.1 Å². The van der Waals surface area contributed by atoms with E-state index in [1.165, 1.54) is 10.9 Å². The quantitative estimate of drug-likeness (QED) is 0.382. The fourth-order valence-corrected chi connectivity index (χ4v) is 2.93. The number of nitro groups is 1. The van der Waals surface area contributed by atoms with Crippen LogP contribution in [0.4, 0.5) is 5.69 Å². The maximum Gasteiger partial charge on any atom is 0.274 e. The van der Waals surface area contributed by atoms with Crippen LogP contribution in [0.2, 0.25) is 0 Å². The highest BCUT2D eigenvalue weighted by Gasteiger charge is 2.13. The lowest BCUT2D eigenvalue weighted by Gasteiger charge is -2.21. The van der Waals surface area contributed by atoms with Crippen molar-refractivity contribution >= 4 is 23.0 Å². The van der Waals surface area contributed by atoms with Gasteiger partial charge in [-0.2, -0.15) is 0 Å². The number of hydrogen-bond acceptors (Lipinski definition) is 4. The highest BCUT2D eigenvalue weighted by Crippen LogP contribution is 2.17. The van der Waals surface area contributed by atoms with Gasteiger partial charge in [0.25, 0.3) is 5.69 Å². The lowest BCUT2D eigenvalue weighted by atomic mass is 10.2. The summed E-state index contributed by atoms with van der Waals surface area (Å²) in [6, 6.07) is 10.9. The maximum atomic E-state index is 11.0. The zero-order chi connectivity index (χ0) is 16.7. The second-order valence-corrected chi connectivity index (χ2v) is 6.07. The van der Waals surface area contributed by atoms with Gasteiger partial charge >= 0.3 is 0 Å². The summed E-state index contributed by atoms with van der Waals surface area (Å²) >= 11 is 1.74. The van der Waals surface area contributed by atoms with Crippen molar-refractivity contribution in [3.63, 3.8) is 0 Å². The first kappa shape index (κ1) is 17.0. The summed E-state index contributed by atoms with van der Waals surface area (Å²) in [7, 11) is 3.67. The molecule has 0 spiro atoms. The Kier molecular flexibility index (Phi) is 6.10. The largest absolute Gasteiger partial charge is 0.352 e. The van der Waals surface area contributed by atoms with E-state index < -0.39 is 0 Å². The number of nitro benzene ring substituents is 1. The second-order valence-electron chi connectivity index (χ2n) is 5.04. The highest BCUT2D eigenvalue weighted by atomic mass is 32.1. The van der Waals surface area contributed by atoms with Crippen molar-refractivity contribution in [3.05, 3.63) is 62.3 Å². The smallest absolute Gasteiger partial charge is 0.274 e. The van der Waals surface area contributed by atoms with Crippen LogP contribution in [0, 0.1) is 10.1 Å². The molecule has 2 aromatic rings. The zero-order valence-corrected chi connectivity index (χ0v) is 14.0. The molecule has 0 aliphatic rings. The zero-order valence-electron chi connectivity index (χ0n) is 13.2. The molecular weight excluding hydrogens is 312 g/mol. The van der Waals surface area contributed by atoms with Crippen molar-refractivity contribution < 1.29 is 4.92 Å². The first-order valence-corrected chi connectivity index (χ1v) is 8.16. The van der Waals surface area contributed by atoms with Crippen molar-refractivity contribution in [1.82, 2.24) is 10.2 Å². The molecule has 0 atom stereocenters. The van der Waals surface area contributed by atoms with E-state index >= 15 is 0 Å². The molecule has 0 radical (unpaired) electrons. The molecule has 122 valence electrons. The standard InChI is InChI=1S/C16H20N4O2S/c1-17-16(19(2)10-9-14-7-5-11-23-14)18-12-13-6-3-4-8-15(13)20(21)22/h3-8,11H,9-10,12H2,1-2H3,(H,17,18). The van der Waals surface area contributed by atoms with Crippen LogP contribution in [0.3, 0.4) is 0 Å². The van der Waals surface area contributed by atoms with Crippen LogP contribution >= 0.6 is 11.3 Å². The van der Waals surface area contributed by atoms with Crippen molar-refractivity contribution in [3.8, 4) is 0 Å². The molecule has 1 aromatic heterocycles. The molecule has 0 aliphatic heterocycles. The van der Waals surface area contributed by atoms with Gasteiger partial charge in [0.15, 0.2) is 5.96 Å². The number of nitrogens with zero attached hydrogens (tertiary/aromatic N) is 3. The van der Waals surface area contributed by atoms with Gasteiger partial charge < -0.3 is 10.2 Å². The van der Waals surface area contributed by atoms with Gasteiger partial charge in [-0.25, -0.2) is 0 Å². The van der Waals surface area contributed by atoms with E-state index in [1.807, 2.05) is 18.0 Å². The Labute approximate surface area is 139 Å². The SMILES string of the molecule is CN=C(NCc1ccccc1[N+](=O)[O-])N(C)CCc1cccs1. The number of likely N-dealkylation sites (N-methyl/N-ethyl adjacent to an activating group) is 1. The van der Waals surface area contributed by atoms with E-state index in [9.17, 15) is 10.1 Å². The number of nitrogens with one attached hydrogen (secondary N) is 1. The minimum Gasteiger partial charge on any atom is -0.352 e. The molecule has 0 saturated heterocycles. The van der Waals surface area contributed by atoms with Gasteiger partial charge in [-0.15, -0.1) is 11.3 Å². The van der Waals surface area contributed by atoms with E-state index in [1.54, 1.807) is 36.6 Å². The van der Waals surface area contributed by atoms with Crippen LogP contribution in [0.25, 0.3) is 0 Å². The molecule has 1 heterocycles. The van der Waals surface area contributed by atoms with Gasteiger partial charge in [0, 0.05) is 43.7 Å². The number of guanidine groups is 1. The molecule has 0 amide bonds. The molecule has 1 N–H and O–H groups in total. The predicted octanol–water partition coefficient (Wildman–Crippen LogP) is 2.91. The summed E-state index contributed by atoms with van der Waals surface area (Å²) in [5, 5.41) is 16.3. The number of benzene rings is 1. The van der Waals surface area contributed by atoms with Gasteiger partial charge in [-0.1, -0.05) is 24.3 Å². The Morgan fingerprint density at radius 2 is 2.13 bits per heavy atom. The average Bonchev–Trinajstić information content (AvgIpc) is 3.07. The van der Waals surface area contributed by atoms with E-state index in [0.717, 1.165) is 18.9 Å². The van der Waals surface area contributed by atoms with Crippen molar-refractivity contribution in [2.75, 3.05) is 20.6 Å². The Hall–Kier alpha value is -2.41. The fourth-order valence-electron chi connectivity index (χ4n) is 2.24. The highest BCUT2D eigenvalue weighted by molar-refractivity contribution is 7.09. The summed E-state index contributed by atoms with van der Waals surface area (Å²) in [4.78, 5) is 18.3. The van der Waals surface area contributed by atoms with Crippen LogP contribution in [0.5, 0.6) is 0 Å². The summed E-state index contributed by atoms with van der Waals surface area (Å²) in [6.45, 7) is 1.20. The van der Waals surface area contributed by atoms with Gasteiger partial charge in [0.1, 0.15) is 0 Å². The first-order valence-electron chi connectivity index (χ1n) is 7.28. The molecule has 0 aliphatic carbocycles. The minimum absolute atomic E-state index is 0.122. The topological polar surface area (TPSA) is 70.8 Å². The molecule has 6 nitrogen and oxygen atoms in total. The third kappa shape index (κ3) is 4.79. The summed E-state index contributed by atoms with van der Waals surface area (Å²) in [6.07, 6.45) is 0.945. The molecular formula is C16H20N4O2S. The molecule has 0 unspecified atom stereocenters. The fraction of sp³-hybridized carbons (Fsp3) is 0.312. The summed E-state index contributed by atoms with van der Waals surface area (Å²) in [5.41, 5.74) is 0.766. The van der Waals surface area contributed by atoms with E-state index in [0.29, 0.717) is 12.1 Å². The Morgan fingerprint density at radius 1 is 1.35 bits per heavy atom. The summed E-state index contributed by atoms with van der Waals surface area (Å²) < 4.78 is 0. The predicted molar refractivity (Wildman–Crippen MR) is 93.9 cm³/mol. The second kappa shape index (κ2) is 8.28. The number of thiophene rings is 1.